The molecule has 0 radical (unpaired) electrons. The van der Waals surface area contributed by atoms with Gasteiger partial charge in [-0.3, -0.25) is 9.78 Å². The molecule has 0 atom stereocenters. The number of hydrogen-bond donors (Lipinski definition) is 1. The van der Waals surface area contributed by atoms with E-state index in [1.54, 1.807) is 17.5 Å². The molecule has 2 aromatic heterocycles. The van der Waals surface area contributed by atoms with Crippen molar-refractivity contribution in [3.63, 3.8) is 0 Å². The molecule has 0 unspecified atom stereocenters. The third-order valence-electron chi connectivity index (χ3n) is 4.20. The third kappa shape index (κ3) is 4.26. The van der Waals surface area contributed by atoms with Crippen LogP contribution in [0.4, 0.5) is 0 Å². The van der Waals surface area contributed by atoms with Gasteiger partial charge in [0.2, 0.25) is 0 Å². The number of nitrogens with zero attached hydrogens (tertiary/aromatic N) is 2. The van der Waals surface area contributed by atoms with E-state index in [0.717, 1.165) is 22.2 Å². The summed E-state index contributed by atoms with van der Waals surface area (Å²) in [6.07, 6.45) is 4.34. The van der Waals surface area contributed by atoms with Crippen LogP contribution in [0.2, 0.25) is 0 Å². The van der Waals surface area contributed by atoms with Crippen molar-refractivity contribution in [2.24, 2.45) is 4.99 Å². The Kier molecular flexibility index (Phi) is 5.73. The van der Waals surface area contributed by atoms with Gasteiger partial charge < -0.3 is 10.1 Å². The van der Waals surface area contributed by atoms with Gasteiger partial charge in [-0.15, -0.1) is 11.3 Å². The smallest absolute Gasteiger partial charge is 0.285 e. The Bertz CT molecular complexity index is 1060. The number of nitrogens with one attached hydrogen (secondary N) is 1. The minimum absolute atomic E-state index is 0.184. The Labute approximate surface area is 171 Å². The molecule has 0 saturated carbocycles. The number of ether oxygens (including phenoxy) is 1. The summed E-state index contributed by atoms with van der Waals surface area (Å²) in [6.45, 7) is 3.26. The van der Waals surface area contributed by atoms with Crippen LogP contribution >= 0.6 is 23.1 Å². The quantitative estimate of drug-likeness (QED) is 0.606. The van der Waals surface area contributed by atoms with Crippen LogP contribution in [-0.2, 0) is 17.8 Å². The number of carbonyl (C=O) groups excluding carboxylic acids is 1. The van der Waals surface area contributed by atoms with E-state index in [4.69, 9.17) is 4.74 Å². The molecule has 0 aliphatic carbocycles. The summed E-state index contributed by atoms with van der Waals surface area (Å²) in [5, 5.41) is 6.90. The summed E-state index contributed by atoms with van der Waals surface area (Å²) in [5.74, 6) is 0.646. The molecule has 1 aliphatic heterocycles. The largest absolute Gasteiger partial charge is 0.493 e. The summed E-state index contributed by atoms with van der Waals surface area (Å²) in [5.41, 5.74) is 2.00. The molecule has 0 saturated heterocycles. The van der Waals surface area contributed by atoms with E-state index in [1.165, 1.54) is 16.6 Å². The van der Waals surface area contributed by atoms with Gasteiger partial charge in [-0.1, -0.05) is 18.2 Å². The van der Waals surface area contributed by atoms with Gasteiger partial charge in [-0.05, 0) is 60.3 Å². The molecular weight excluding hydrogens is 390 g/mol. The molecule has 5 nitrogen and oxygen atoms in total. The summed E-state index contributed by atoms with van der Waals surface area (Å²) >= 11 is 3.07. The number of amidine groups is 1. The van der Waals surface area contributed by atoms with Gasteiger partial charge in [0.1, 0.15) is 5.75 Å². The van der Waals surface area contributed by atoms with Crippen molar-refractivity contribution in [3.8, 4) is 5.75 Å². The lowest BCUT2D eigenvalue weighted by Gasteiger charge is -2.08. The zero-order valence-corrected chi connectivity index (χ0v) is 17.0. The second kappa shape index (κ2) is 8.58. The number of hydrogen-bond acceptors (Lipinski definition) is 6. The van der Waals surface area contributed by atoms with Crippen LogP contribution in [0.15, 0.2) is 63.9 Å². The fraction of sp³-hybridized carbons (Fsp3) is 0.190. The molecule has 3 aromatic rings. The molecule has 1 N–H and O–H groups in total. The van der Waals surface area contributed by atoms with E-state index in [2.05, 4.69) is 27.4 Å². The van der Waals surface area contributed by atoms with Crippen molar-refractivity contribution < 1.29 is 9.53 Å². The van der Waals surface area contributed by atoms with Gasteiger partial charge in [0.15, 0.2) is 5.17 Å². The number of aromatic nitrogens is 1. The lowest BCUT2D eigenvalue weighted by atomic mass is 10.1. The first-order valence-electron chi connectivity index (χ1n) is 9.00. The average Bonchev–Trinajstić information content (AvgIpc) is 3.35. The Balaban J connectivity index is 1.44. The third-order valence-corrected chi connectivity index (χ3v) is 6.07. The van der Waals surface area contributed by atoms with Crippen LogP contribution in [-0.4, -0.2) is 22.7 Å². The van der Waals surface area contributed by atoms with Crippen molar-refractivity contribution in [2.75, 3.05) is 6.61 Å². The zero-order valence-electron chi connectivity index (χ0n) is 15.3. The Hall–Kier alpha value is -2.64. The van der Waals surface area contributed by atoms with Crippen molar-refractivity contribution in [2.45, 2.75) is 19.9 Å². The Morgan fingerprint density at radius 3 is 3.00 bits per heavy atom. The minimum Gasteiger partial charge on any atom is -0.493 e. The second-order valence-electron chi connectivity index (χ2n) is 6.12. The molecule has 1 amide bonds. The zero-order chi connectivity index (χ0) is 19.3. The molecule has 4 rings (SSSR count). The summed E-state index contributed by atoms with van der Waals surface area (Å²) < 4.78 is 5.70. The van der Waals surface area contributed by atoms with E-state index in [9.17, 15) is 4.79 Å². The van der Waals surface area contributed by atoms with Gasteiger partial charge in [-0.25, -0.2) is 0 Å². The van der Waals surface area contributed by atoms with Crippen molar-refractivity contribution in [1.82, 2.24) is 10.3 Å². The number of allylic oxidation sites excluding steroid dienone is 1. The monoisotopic (exact) mass is 409 g/mol. The lowest BCUT2D eigenvalue weighted by Crippen LogP contribution is -2.17. The first-order chi connectivity index (χ1) is 13.7. The Morgan fingerprint density at radius 2 is 2.18 bits per heavy atom. The molecule has 1 aliphatic rings. The standard InChI is InChI=1S/C21H19N3O2S2/c1-2-26-18-9-10-22-17-7-5-14(12-16(17)18)6-8-19-20(25)24-21(28-19)23-13-15-4-3-11-27-15/h3-5,7-12H,2,6,13H2,1H3,(H,23,24,25)/b19-8-. The summed E-state index contributed by atoms with van der Waals surface area (Å²) in [6, 6.07) is 12.0. The topological polar surface area (TPSA) is 63.6 Å². The fourth-order valence-electron chi connectivity index (χ4n) is 2.89. The SMILES string of the molecule is CCOc1ccnc2ccc(C/C=C3\SC(NCc4cccs4)=NC3=O)cc12. The highest BCUT2D eigenvalue weighted by atomic mass is 32.2. The maximum absolute atomic E-state index is 12.2. The fourth-order valence-corrected chi connectivity index (χ4v) is 4.31. The number of benzene rings is 1. The highest BCUT2D eigenvalue weighted by Crippen LogP contribution is 2.28. The predicted molar refractivity (Wildman–Crippen MR) is 116 cm³/mol. The number of pyridine rings is 1. The highest BCUT2D eigenvalue weighted by molar-refractivity contribution is 8.18. The molecule has 0 fully saturated rings. The van der Waals surface area contributed by atoms with Crippen LogP contribution < -0.4 is 10.1 Å². The molecule has 142 valence electrons. The molecule has 0 bridgehead atoms. The van der Waals surface area contributed by atoms with Gasteiger partial charge in [0, 0.05) is 16.5 Å². The van der Waals surface area contributed by atoms with Crippen LogP contribution in [0, 0.1) is 0 Å². The molecule has 3 heterocycles. The van der Waals surface area contributed by atoms with Gasteiger partial charge in [0.25, 0.3) is 5.91 Å². The molecule has 1 aromatic carbocycles. The van der Waals surface area contributed by atoms with Crippen LogP contribution in [0.1, 0.15) is 17.4 Å². The maximum Gasteiger partial charge on any atom is 0.285 e. The van der Waals surface area contributed by atoms with E-state index in [0.29, 0.717) is 29.6 Å². The number of carbonyl (C=O) groups is 1. The maximum atomic E-state index is 12.2. The minimum atomic E-state index is -0.184. The summed E-state index contributed by atoms with van der Waals surface area (Å²) in [4.78, 5) is 22.5. The van der Waals surface area contributed by atoms with Crippen LogP contribution in [0.25, 0.3) is 10.9 Å². The molecular formula is C21H19N3O2S2. The molecule has 7 heteroatoms. The van der Waals surface area contributed by atoms with Crippen LogP contribution in [0.5, 0.6) is 5.75 Å². The molecule has 0 spiro atoms. The van der Waals surface area contributed by atoms with Crippen molar-refractivity contribution in [1.29, 1.82) is 0 Å². The number of amides is 1. The van der Waals surface area contributed by atoms with E-state index >= 15 is 0 Å². The normalized spacial score (nSPS) is 15.2. The van der Waals surface area contributed by atoms with E-state index in [-0.39, 0.29) is 5.91 Å². The van der Waals surface area contributed by atoms with E-state index in [1.807, 2.05) is 42.6 Å². The van der Waals surface area contributed by atoms with Crippen molar-refractivity contribution >= 4 is 45.1 Å². The second-order valence-corrected chi connectivity index (χ2v) is 8.19. The Morgan fingerprint density at radius 1 is 1.25 bits per heavy atom. The first kappa shape index (κ1) is 18.7. The number of thioether (sulfide) groups is 1. The van der Waals surface area contributed by atoms with Gasteiger partial charge >= 0.3 is 0 Å². The number of thiophene rings is 1. The average molecular weight is 410 g/mol. The number of rotatable bonds is 6. The number of fused-ring (bicyclic) bond motifs is 1. The highest BCUT2D eigenvalue weighted by Gasteiger charge is 2.21. The van der Waals surface area contributed by atoms with Gasteiger partial charge in [-0.2, -0.15) is 4.99 Å². The van der Waals surface area contributed by atoms with Crippen molar-refractivity contribution in [3.05, 3.63) is 69.4 Å². The molecule has 28 heavy (non-hydrogen) atoms. The van der Waals surface area contributed by atoms with Gasteiger partial charge in [0.05, 0.1) is 23.6 Å². The lowest BCUT2D eigenvalue weighted by molar-refractivity contribution is -0.113. The van der Waals surface area contributed by atoms with E-state index < -0.39 is 0 Å². The summed E-state index contributed by atoms with van der Waals surface area (Å²) in [7, 11) is 0. The number of aliphatic imine (C=N–C) groups is 1. The first-order valence-corrected chi connectivity index (χ1v) is 10.7. The van der Waals surface area contributed by atoms with Crippen LogP contribution in [0.3, 0.4) is 0 Å². The predicted octanol–water partition coefficient (Wildman–Crippen LogP) is 4.54.